The minimum atomic E-state index is -3.81. The van der Waals surface area contributed by atoms with E-state index < -0.39 is 14.9 Å². The minimum Gasteiger partial charge on any atom is -0.362 e. The number of benzene rings is 3. The lowest BCUT2D eigenvalue weighted by atomic mass is 10.1. The molecule has 0 aliphatic carbocycles. The average Bonchev–Trinajstić information content (AvgIpc) is 2.88. The Hall–Kier alpha value is -3.50. The molecule has 4 rings (SSSR count). The molecule has 9 nitrogen and oxygen atoms in total. The largest absolute Gasteiger partial charge is 0.362 e. The maximum atomic E-state index is 13.1. The zero-order valence-electron chi connectivity index (χ0n) is 19.8. The molecule has 0 saturated carbocycles. The second-order valence-electron chi connectivity index (χ2n) is 8.34. The first-order valence-electron chi connectivity index (χ1n) is 11.6. The highest BCUT2D eigenvalue weighted by molar-refractivity contribution is 7.89. The van der Waals surface area contributed by atoms with E-state index in [2.05, 4.69) is 0 Å². The standard InChI is InChI=1S/C25H28N4O5S/c1-3-28(4-2)35(33,34)22-11-12-23(24(18-22)29(31)32)26-13-15-27(16-14-26)25(30)21-10-9-19-7-5-6-8-20(19)17-21/h5-12,17-18H,3-4,13-16H2,1-2H3. The molecule has 0 N–H and O–H groups in total. The summed E-state index contributed by atoms with van der Waals surface area (Å²) in [6.07, 6.45) is 0. The maximum Gasteiger partial charge on any atom is 0.293 e. The molecule has 0 spiro atoms. The monoisotopic (exact) mass is 496 g/mol. The van der Waals surface area contributed by atoms with Gasteiger partial charge in [-0.15, -0.1) is 0 Å². The van der Waals surface area contributed by atoms with Crippen LogP contribution in [-0.4, -0.2) is 67.7 Å². The van der Waals surface area contributed by atoms with E-state index in [0.29, 0.717) is 37.4 Å². The molecule has 0 bridgehead atoms. The number of amides is 1. The van der Waals surface area contributed by atoms with Crippen LogP contribution in [0.15, 0.2) is 65.6 Å². The number of sulfonamides is 1. The zero-order valence-corrected chi connectivity index (χ0v) is 20.6. The molecule has 0 radical (unpaired) electrons. The third-order valence-electron chi connectivity index (χ3n) is 6.39. The maximum absolute atomic E-state index is 13.1. The third kappa shape index (κ3) is 4.85. The first-order chi connectivity index (χ1) is 16.8. The molecule has 3 aromatic rings. The van der Waals surface area contributed by atoms with E-state index in [0.717, 1.165) is 16.8 Å². The second-order valence-corrected chi connectivity index (χ2v) is 10.3. The van der Waals surface area contributed by atoms with E-state index in [-0.39, 0.29) is 29.6 Å². The van der Waals surface area contributed by atoms with Gasteiger partial charge in [-0.1, -0.05) is 44.2 Å². The molecule has 0 aromatic heterocycles. The van der Waals surface area contributed by atoms with Crippen molar-refractivity contribution in [2.75, 3.05) is 44.2 Å². The molecule has 1 aliphatic rings. The highest BCUT2D eigenvalue weighted by atomic mass is 32.2. The number of carbonyl (C=O) groups is 1. The lowest BCUT2D eigenvalue weighted by molar-refractivity contribution is -0.384. The SMILES string of the molecule is CCN(CC)S(=O)(=O)c1ccc(N2CCN(C(=O)c3ccc4ccccc4c3)CC2)c([N+](=O)[O-])c1. The van der Waals surface area contributed by atoms with Crippen molar-refractivity contribution in [3.8, 4) is 0 Å². The van der Waals surface area contributed by atoms with Crippen molar-refractivity contribution in [2.24, 2.45) is 0 Å². The Kier molecular flexibility index (Phi) is 7.04. The Morgan fingerprint density at radius 3 is 2.23 bits per heavy atom. The molecule has 1 aliphatic heterocycles. The van der Waals surface area contributed by atoms with Gasteiger partial charge >= 0.3 is 0 Å². The number of hydrogen-bond acceptors (Lipinski definition) is 6. The highest BCUT2D eigenvalue weighted by Gasteiger charge is 2.30. The first kappa shape index (κ1) is 24.6. The zero-order chi connectivity index (χ0) is 25.2. The molecule has 10 heteroatoms. The van der Waals surface area contributed by atoms with Crippen molar-refractivity contribution in [2.45, 2.75) is 18.7 Å². The van der Waals surface area contributed by atoms with Crippen LogP contribution in [0.1, 0.15) is 24.2 Å². The number of rotatable bonds is 7. The van der Waals surface area contributed by atoms with Gasteiger partial charge in [-0.05, 0) is 35.0 Å². The Morgan fingerprint density at radius 1 is 0.943 bits per heavy atom. The van der Waals surface area contributed by atoms with Gasteiger partial charge in [-0.25, -0.2) is 8.42 Å². The number of nitro benzene ring substituents is 1. The molecular formula is C25H28N4O5S. The van der Waals surface area contributed by atoms with Gasteiger partial charge in [-0.2, -0.15) is 4.31 Å². The molecule has 0 atom stereocenters. The number of fused-ring (bicyclic) bond motifs is 1. The van der Waals surface area contributed by atoms with Crippen LogP contribution in [0.3, 0.4) is 0 Å². The predicted molar refractivity (Wildman–Crippen MR) is 135 cm³/mol. The van der Waals surface area contributed by atoms with Crippen LogP contribution in [0.5, 0.6) is 0 Å². The molecule has 1 saturated heterocycles. The van der Waals surface area contributed by atoms with Crippen molar-refractivity contribution in [3.63, 3.8) is 0 Å². The molecule has 1 heterocycles. The fourth-order valence-electron chi connectivity index (χ4n) is 4.45. The van der Waals surface area contributed by atoms with Crippen molar-refractivity contribution >= 4 is 38.1 Å². The van der Waals surface area contributed by atoms with Gasteiger partial charge in [-0.3, -0.25) is 14.9 Å². The van der Waals surface area contributed by atoms with E-state index >= 15 is 0 Å². The molecule has 1 amide bonds. The van der Waals surface area contributed by atoms with Crippen LogP contribution < -0.4 is 4.90 Å². The van der Waals surface area contributed by atoms with E-state index in [9.17, 15) is 23.3 Å². The molecule has 184 valence electrons. The normalized spacial score (nSPS) is 14.5. The first-order valence-corrected chi connectivity index (χ1v) is 13.0. The third-order valence-corrected chi connectivity index (χ3v) is 8.44. The Morgan fingerprint density at radius 2 is 1.60 bits per heavy atom. The predicted octanol–water partition coefficient (Wildman–Crippen LogP) is 3.74. The summed E-state index contributed by atoms with van der Waals surface area (Å²) in [4.78, 5) is 27.8. The topological polar surface area (TPSA) is 104 Å². The summed E-state index contributed by atoms with van der Waals surface area (Å²) in [6.45, 7) is 5.63. The van der Waals surface area contributed by atoms with Crippen LogP contribution in [0, 0.1) is 10.1 Å². The Labute approximate surface area is 204 Å². The average molecular weight is 497 g/mol. The summed E-state index contributed by atoms with van der Waals surface area (Å²) in [6, 6.07) is 17.5. The molecule has 1 fully saturated rings. The van der Waals surface area contributed by atoms with Crippen molar-refractivity contribution < 1.29 is 18.1 Å². The summed E-state index contributed by atoms with van der Waals surface area (Å²) in [5.41, 5.74) is 0.702. The molecular weight excluding hydrogens is 468 g/mol. The summed E-state index contributed by atoms with van der Waals surface area (Å²) < 4.78 is 26.9. The van der Waals surface area contributed by atoms with Gasteiger partial charge in [0.1, 0.15) is 5.69 Å². The smallest absolute Gasteiger partial charge is 0.293 e. The molecule has 35 heavy (non-hydrogen) atoms. The number of nitro groups is 1. The number of nitrogens with zero attached hydrogens (tertiary/aromatic N) is 4. The van der Waals surface area contributed by atoms with Crippen LogP contribution in [0.25, 0.3) is 10.8 Å². The summed E-state index contributed by atoms with van der Waals surface area (Å²) in [5.74, 6) is -0.0782. The van der Waals surface area contributed by atoms with Crippen LogP contribution in [-0.2, 0) is 10.0 Å². The molecule has 0 unspecified atom stereocenters. The summed E-state index contributed by atoms with van der Waals surface area (Å²) in [7, 11) is -3.81. The second kappa shape index (κ2) is 10.0. The summed E-state index contributed by atoms with van der Waals surface area (Å²) in [5, 5.41) is 13.9. The van der Waals surface area contributed by atoms with Crippen molar-refractivity contribution in [1.29, 1.82) is 0 Å². The van der Waals surface area contributed by atoms with Gasteiger partial charge in [0.15, 0.2) is 0 Å². The van der Waals surface area contributed by atoms with Gasteiger partial charge in [0.25, 0.3) is 11.6 Å². The van der Waals surface area contributed by atoms with Crippen LogP contribution >= 0.6 is 0 Å². The van der Waals surface area contributed by atoms with Crippen LogP contribution in [0.2, 0.25) is 0 Å². The molecule has 3 aromatic carbocycles. The van der Waals surface area contributed by atoms with E-state index in [1.807, 2.05) is 47.4 Å². The number of carbonyl (C=O) groups excluding carboxylic acids is 1. The lowest BCUT2D eigenvalue weighted by Crippen LogP contribution is -2.49. The highest BCUT2D eigenvalue weighted by Crippen LogP contribution is 2.32. The Balaban J connectivity index is 1.52. The van der Waals surface area contributed by atoms with Gasteiger partial charge in [0.05, 0.1) is 9.82 Å². The van der Waals surface area contributed by atoms with Gasteiger partial charge in [0, 0.05) is 50.9 Å². The van der Waals surface area contributed by atoms with Gasteiger partial charge in [0.2, 0.25) is 10.0 Å². The van der Waals surface area contributed by atoms with E-state index in [1.54, 1.807) is 18.7 Å². The Bertz CT molecular complexity index is 1360. The quantitative estimate of drug-likeness (QED) is 0.365. The fourth-order valence-corrected chi connectivity index (χ4v) is 5.92. The van der Waals surface area contributed by atoms with Gasteiger partial charge < -0.3 is 9.80 Å². The lowest BCUT2D eigenvalue weighted by Gasteiger charge is -2.36. The van der Waals surface area contributed by atoms with Crippen molar-refractivity contribution in [1.82, 2.24) is 9.21 Å². The van der Waals surface area contributed by atoms with Crippen LogP contribution in [0.4, 0.5) is 11.4 Å². The number of hydrogen-bond donors (Lipinski definition) is 0. The summed E-state index contributed by atoms with van der Waals surface area (Å²) >= 11 is 0. The number of anilines is 1. The van der Waals surface area contributed by atoms with Crippen molar-refractivity contribution in [3.05, 3.63) is 76.3 Å². The van der Waals surface area contributed by atoms with E-state index in [4.69, 9.17) is 0 Å². The van der Waals surface area contributed by atoms with E-state index in [1.165, 1.54) is 16.4 Å². The fraction of sp³-hybridized carbons (Fsp3) is 0.320. The number of piperazine rings is 1. The minimum absolute atomic E-state index is 0.0782.